The Bertz CT molecular complexity index is 676. The topological polar surface area (TPSA) is 38.1 Å². The number of fused-ring (bicyclic) bond motifs is 1. The predicted octanol–water partition coefficient (Wildman–Crippen LogP) is 2.00. The maximum absolute atomic E-state index is 12.9. The van der Waals surface area contributed by atoms with Gasteiger partial charge in [0.2, 0.25) is 5.91 Å². The van der Waals surface area contributed by atoms with Crippen LogP contribution in [0, 0.1) is 12.7 Å². The molecule has 0 saturated heterocycles. The first-order valence-corrected chi connectivity index (χ1v) is 7.08. The fourth-order valence-corrected chi connectivity index (χ4v) is 2.72. The van der Waals surface area contributed by atoms with E-state index < -0.39 is 0 Å². The first-order valence-electron chi connectivity index (χ1n) is 7.08. The molecule has 110 valence electrons. The fraction of sp³-hybridized carbons (Fsp3) is 0.375. The molecule has 1 aromatic carbocycles. The second-order valence-electron chi connectivity index (χ2n) is 5.48. The van der Waals surface area contributed by atoms with Crippen LogP contribution in [0.5, 0.6) is 0 Å². The van der Waals surface area contributed by atoms with Crippen molar-refractivity contribution in [2.24, 2.45) is 7.05 Å². The molecule has 1 aromatic heterocycles. The van der Waals surface area contributed by atoms with E-state index in [0.717, 1.165) is 29.2 Å². The molecule has 0 N–H and O–H groups in total. The lowest BCUT2D eigenvalue weighted by Gasteiger charge is -2.27. The Hall–Kier alpha value is -2.17. The van der Waals surface area contributed by atoms with E-state index >= 15 is 0 Å². The molecule has 0 spiro atoms. The lowest BCUT2D eigenvalue weighted by molar-refractivity contribution is -0.131. The van der Waals surface area contributed by atoms with E-state index in [-0.39, 0.29) is 11.7 Å². The highest BCUT2D eigenvalue weighted by atomic mass is 19.1. The Balaban J connectivity index is 1.72. The molecule has 2 aromatic rings. The van der Waals surface area contributed by atoms with E-state index in [1.54, 1.807) is 12.1 Å². The highest BCUT2D eigenvalue weighted by molar-refractivity contribution is 5.79. The maximum Gasteiger partial charge on any atom is 0.227 e. The molecule has 0 atom stereocenters. The second-order valence-corrected chi connectivity index (χ2v) is 5.48. The van der Waals surface area contributed by atoms with Gasteiger partial charge in [-0.3, -0.25) is 4.79 Å². The summed E-state index contributed by atoms with van der Waals surface area (Å²) in [7, 11) is 1.98. The number of rotatable bonds is 2. The van der Waals surface area contributed by atoms with Crippen LogP contribution in [0.4, 0.5) is 4.39 Å². The van der Waals surface area contributed by atoms with Crippen molar-refractivity contribution in [1.29, 1.82) is 0 Å². The molecule has 21 heavy (non-hydrogen) atoms. The smallest absolute Gasteiger partial charge is 0.227 e. The molecule has 0 unspecified atom stereocenters. The van der Waals surface area contributed by atoms with Crippen LogP contribution >= 0.6 is 0 Å². The molecule has 1 aliphatic heterocycles. The van der Waals surface area contributed by atoms with Gasteiger partial charge in [-0.15, -0.1) is 0 Å². The Morgan fingerprint density at radius 3 is 2.76 bits per heavy atom. The van der Waals surface area contributed by atoms with Crippen LogP contribution in [-0.4, -0.2) is 26.9 Å². The molecular weight excluding hydrogens is 269 g/mol. The molecule has 0 radical (unpaired) electrons. The van der Waals surface area contributed by atoms with Crippen molar-refractivity contribution in [2.45, 2.75) is 26.3 Å². The van der Waals surface area contributed by atoms with Gasteiger partial charge in [0.1, 0.15) is 11.6 Å². The zero-order valence-corrected chi connectivity index (χ0v) is 12.3. The summed E-state index contributed by atoms with van der Waals surface area (Å²) in [5, 5.41) is 0. The minimum absolute atomic E-state index is 0.0751. The van der Waals surface area contributed by atoms with Crippen LogP contribution in [-0.2, 0) is 31.2 Å². The molecule has 0 saturated carbocycles. The Morgan fingerprint density at radius 2 is 2.05 bits per heavy atom. The third kappa shape index (κ3) is 2.68. The highest BCUT2D eigenvalue weighted by Crippen LogP contribution is 2.20. The molecule has 2 heterocycles. The van der Waals surface area contributed by atoms with Crippen molar-refractivity contribution in [3.05, 3.63) is 52.9 Å². The Morgan fingerprint density at radius 1 is 1.33 bits per heavy atom. The SMILES string of the molecule is Cc1nc2c(n1C)CN(C(=O)Cc1ccc(F)cc1)CC2. The van der Waals surface area contributed by atoms with Gasteiger partial charge in [-0.05, 0) is 24.6 Å². The number of hydrogen-bond donors (Lipinski definition) is 0. The average molecular weight is 287 g/mol. The molecule has 4 nitrogen and oxygen atoms in total. The van der Waals surface area contributed by atoms with Gasteiger partial charge in [0, 0.05) is 20.0 Å². The third-order valence-electron chi connectivity index (χ3n) is 4.10. The van der Waals surface area contributed by atoms with Crippen molar-refractivity contribution in [2.75, 3.05) is 6.54 Å². The Labute approximate surface area is 123 Å². The van der Waals surface area contributed by atoms with Gasteiger partial charge in [-0.1, -0.05) is 12.1 Å². The zero-order chi connectivity index (χ0) is 15.0. The average Bonchev–Trinajstić information content (AvgIpc) is 2.76. The van der Waals surface area contributed by atoms with Crippen molar-refractivity contribution >= 4 is 5.91 Å². The molecule has 1 aliphatic rings. The van der Waals surface area contributed by atoms with E-state index in [0.29, 0.717) is 19.5 Å². The molecular formula is C16H18FN3O. The maximum atomic E-state index is 12.9. The summed E-state index contributed by atoms with van der Waals surface area (Å²) in [5.74, 6) is 0.776. The third-order valence-corrected chi connectivity index (χ3v) is 4.10. The number of aromatic nitrogens is 2. The van der Waals surface area contributed by atoms with E-state index in [1.165, 1.54) is 12.1 Å². The minimum atomic E-state index is -0.279. The Kier molecular flexibility index (Phi) is 3.49. The van der Waals surface area contributed by atoms with Gasteiger partial charge in [0.15, 0.2) is 0 Å². The molecule has 0 aliphatic carbocycles. The van der Waals surface area contributed by atoms with E-state index in [4.69, 9.17) is 0 Å². The van der Waals surface area contributed by atoms with Gasteiger partial charge in [0.25, 0.3) is 0 Å². The summed E-state index contributed by atoms with van der Waals surface area (Å²) in [6.45, 7) is 3.28. The molecule has 1 amide bonds. The van der Waals surface area contributed by atoms with E-state index in [2.05, 4.69) is 4.98 Å². The quantitative estimate of drug-likeness (QED) is 0.847. The van der Waals surface area contributed by atoms with Crippen molar-refractivity contribution in [3.8, 4) is 0 Å². The van der Waals surface area contributed by atoms with Gasteiger partial charge in [-0.2, -0.15) is 0 Å². The molecule has 0 fully saturated rings. The van der Waals surface area contributed by atoms with Gasteiger partial charge in [0.05, 0.1) is 24.4 Å². The number of aryl methyl sites for hydroxylation is 1. The van der Waals surface area contributed by atoms with Gasteiger partial charge < -0.3 is 9.47 Å². The monoisotopic (exact) mass is 287 g/mol. The number of halogens is 1. The summed E-state index contributed by atoms with van der Waals surface area (Å²) < 4.78 is 14.9. The lowest BCUT2D eigenvalue weighted by Crippen LogP contribution is -2.37. The first-order chi connectivity index (χ1) is 10.0. The summed E-state index contributed by atoms with van der Waals surface area (Å²) in [6.07, 6.45) is 1.11. The highest BCUT2D eigenvalue weighted by Gasteiger charge is 2.24. The number of imidazole rings is 1. The minimum Gasteiger partial charge on any atom is -0.336 e. The largest absolute Gasteiger partial charge is 0.336 e. The van der Waals surface area contributed by atoms with E-state index in [9.17, 15) is 9.18 Å². The van der Waals surface area contributed by atoms with Crippen molar-refractivity contribution in [1.82, 2.24) is 14.5 Å². The van der Waals surface area contributed by atoms with Gasteiger partial charge in [-0.25, -0.2) is 9.37 Å². The first kappa shape index (κ1) is 13.8. The summed E-state index contributed by atoms with van der Waals surface area (Å²) in [4.78, 5) is 18.8. The fourth-order valence-electron chi connectivity index (χ4n) is 2.72. The van der Waals surface area contributed by atoms with Crippen molar-refractivity contribution in [3.63, 3.8) is 0 Å². The number of nitrogens with zero attached hydrogens (tertiary/aromatic N) is 3. The van der Waals surface area contributed by atoms with E-state index in [1.807, 2.05) is 23.4 Å². The molecule has 5 heteroatoms. The van der Waals surface area contributed by atoms with Crippen molar-refractivity contribution < 1.29 is 9.18 Å². The number of benzene rings is 1. The predicted molar refractivity (Wildman–Crippen MR) is 77.2 cm³/mol. The van der Waals surface area contributed by atoms with Crippen LogP contribution in [0.25, 0.3) is 0 Å². The summed E-state index contributed by atoms with van der Waals surface area (Å²) in [6, 6.07) is 6.11. The number of amides is 1. The lowest BCUT2D eigenvalue weighted by atomic mass is 10.1. The second kappa shape index (κ2) is 5.31. The van der Waals surface area contributed by atoms with Crippen LogP contribution in [0.2, 0.25) is 0 Å². The summed E-state index contributed by atoms with van der Waals surface area (Å²) >= 11 is 0. The number of carbonyl (C=O) groups excluding carboxylic acids is 1. The molecule has 0 bridgehead atoms. The normalized spacial score (nSPS) is 14.1. The van der Waals surface area contributed by atoms with Crippen LogP contribution in [0.3, 0.4) is 0 Å². The van der Waals surface area contributed by atoms with Crippen LogP contribution in [0.15, 0.2) is 24.3 Å². The van der Waals surface area contributed by atoms with Crippen LogP contribution < -0.4 is 0 Å². The summed E-state index contributed by atoms with van der Waals surface area (Å²) in [5.41, 5.74) is 3.06. The molecule has 3 rings (SSSR count). The standard InChI is InChI=1S/C16H18FN3O/c1-11-18-14-7-8-20(10-15(14)19(11)2)16(21)9-12-3-5-13(17)6-4-12/h3-6H,7-10H2,1-2H3. The number of carbonyl (C=O) groups is 1. The zero-order valence-electron chi connectivity index (χ0n) is 12.3. The van der Waals surface area contributed by atoms with Crippen LogP contribution in [0.1, 0.15) is 22.8 Å². The number of hydrogen-bond acceptors (Lipinski definition) is 2. The van der Waals surface area contributed by atoms with Gasteiger partial charge >= 0.3 is 0 Å².